The molecule has 0 saturated carbocycles. The molecule has 3 rings (SSSR count). The van der Waals surface area contributed by atoms with Crippen molar-refractivity contribution in [1.82, 2.24) is 0 Å². The normalized spacial score (nSPS) is 17.7. The largest absolute Gasteiger partial charge is 0.497 e. The molecular formula is C20H21BF6N2O3. The molecule has 1 saturated heterocycles. The van der Waals surface area contributed by atoms with Crippen LogP contribution in [-0.2, 0) is 15.5 Å². The first-order valence-electron chi connectivity index (χ1n) is 9.05. The lowest BCUT2D eigenvalue weighted by molar-refractivity contribution is -0.137. The average molecular weight is 462 g/mol. The van der Waals surface area contributed by atoms with Crippen LogP contribution in [-0.4, -0.2) is 24.9 Å². The summed E-state index contributed by atoms with van der Waals surface area (Å²) in [7, 11) is -1.17. The van der Waals surface area contributed by atoms with Gasteiger partial charge < -0.3 is 19.9 Å². The van der Waals surface area contributed by atoms with Gasteiger partial charge in [0.2, 0.25) is 0 Å². The third-order valence-electron chi connectivity index (χ3n) is 4.85. The number of rotatable bonds is 3. The van der Waals surface area contributed by atoms with Gasteiger partial charge in [0.15, 0.2) is 0 Å². The van der Waals surface area contributed by atoms with Crippen LogP contribution in [0.5, 0.6) is 0 Å². The third-order valence-corrected chi connectivity index (χ3v) is 4.85. The average Bonchev–Trinajstić information content (AvgIpc) is 2.91. The smallest absolute Gasteiger partial charge is 0.402 e. The van der Waals surface area contributed by atoms with E-state index in [1.807, 2.05) is 10.6 Å². The zero-order valence-electron chi connectivity index (χ0n) is 16.5. The van der Waals surface area contributed by atoms with E-state index in [1.54, 1.807) is 20.8 Å². The van der Waals surface area contributed by atoms with Crippen molar-refractivity contribution in [3.8, 4) is 0 Å². The van der Waals surface area contributed by atoms with Gasteiger partial charge in [0.05, 0.1) is 28.6 Å². The van der Waals surface area contributed by atoms with E-state index in [4.69, 9.17) is 9.31 Å². The summed E-state index contributed by atoms with van der Waals surface area (Å²) in [6, 6.07) is 1.57. The molecule has 2 N–H and O–H groups in total. The summed E-state index contributed by atoms with van der Waals surface area (Å²) in [5.74, 6) is -3.14. The van der Waals surface area contributed by atoms with E-state index in [0.717, 1.165) is 6.07 Å². The number of halogens is 6. The predicted molar refractivity (Wildman–Crippen MR) is 108 cm³/mol. The van der Waals surface area contributed by atoms with Crippen LogP contribution in [0.2, 0.25) is 0 Å². The van der Waals surface area contributed by atoms with Crippen molar-refractivity contribution in [2.45, 2.75) is 46.1 Å². The van der Waals surface area contributed by atoms with Crippen molar-refractivity contribution in [3.63, 3.8) is 0 Å². The zero-order chi connectivity index (χ0) is 23.1. The van der Waals surface area contributed by atoms with Gasteiger partial charge in [-0.15, -0.1) is 0 Å². The quantitative estimate of drug-likeness (QED) is 0.480. The maximum Gasteiger partial charge on any atom is 0.497 e. The van der Waals surface area contributed by atoms with Gasteiger partial charge in [-0.05, 0) is 45.0 Å². The molecule has 1 aliphatic rings. The van der Waals surface area contributed by atoms with Gasteiger partial charge in [0, 0.05) is 11.5 Å². The maximum atomic E-state index is 14.5. The van der Waals surface area contributed by atoms with Crippen LogP contribution in [0.4, 0.5) is 42.5 Å². The number of hydrogen-bond acceptors (Lipinski definition) is 3. The Labute approximate surface area is 181 Å². The summed E-state index contributed by atoms with van der Waals surface area (Å²) < 4.78 is 92.0. The van der Waals surface area contributed by atoms with Crippen molar-refractivity contribution in [1.29, 1.82) is 0 Å². The van der Waals surface area contributed by atoms with Gasteiger partial charge in [-0.25, -0.2) is 18.0 Å². The molecule has 0 radical (unpaired) electrons. The van der Waals surface area contributed by atoms with E-state index in [-0.39, 0.29) is 12.9 Å². The number of urea groups is 1. The second-order valence-electron chi connectivity index (χ2n) is 7.46. The van der Waals surface area contributed by atoms with Gasteiger partial charge >= 0.3 is 19.3 Å². The number of amides is 2. The molecule has 0 aliphatic carbocycles. The number of carbonyl (C=O) groups excluding carboxylic acids is 1. The van der Waals surface area contributed by atoms with Crippen LogP contribution in [0.25, 0.3) is 0 Å². The second-order valence-corrected chi connectivity index (χ2v) is 7.46. The molecule has 5 nitrogen and oxygen atoms in total. The summed E-state index contributed by atoms with van der Waals surface area (Å²) in [6.45, 7) is 5.15. The Morgan fingerprint density at radius 3 is 2.12 bits per heavy atom. The molecule has 32 heavy (non-hydrogen) atoms. The Bertz CT molecular complexity index is 1020. The minimum atomic E-state index is -4.76. The Kier molecular flexibility index (Phi) is 7.20. The van der Waals surface area contributed by atoms with Gasteiger partial charge in [-0.1, -0.05) is 7.43 Å². The highest BCUT2D eigenvalue weighted by atomic mass is 19.4. The third kappa shape index (κ3) is 5.36. The zero-order valence-corrected chi connectivity index (χ0v) is 16.5. The first-order valence-corrected chi connectivity index (χ1v) is 9.05. The molecule has 0 bridgehead atoms. The van der Waals surface area contributed by atoms with E-state index in [9.17, 15) is 31.1 Å². The summed E-state index contributed by atoms with van der Waals surface area (Å²) in [5, 5.41) is 3.77. The van der Waals surface area contributed by atoms with Crippen molar-refractivity contribution in [2.75, 3.05) is 10.6 Å². The number of hydrogen-bond donors (Lipinski definition) is 2. The fraction of sp³-hybridized carbons (Fsp3) is 0.350. The van der Waals surface area contributed by atoms with Crippen LogP contribution in [0.3, 0.4) is 0 Å². The van der Waals surface area contributed by atoms with E-state index < -0.39 is 65.4 Å². The molecule has 1 aliphatic heterocycles. The minimum Gasteiger partial charge on any atom is -0.402 e. The molecule has 2 amide bonds. The van der Waals surface area contributed by atoms with Crippen LogP contribution >= 0.6 is 0 Å². The molecule has 1 unspecified atom stereocenters. The van der Waals surface area contributed by atoms with Crippen molar-refractivity contribution >= 4 is 30.0 Å². The topological polar surface area (TPSA) is 59.6 Å². The number of carbonyl (C=O) groups is 1. The first kappa shape index (κ1) is 25.5. The number of alkyl halides is 3. The summed E-state index contributed by atoms with van der Waals surface area (Å²) in [6.07, 6.45) is -5.16. The van der Waals surface area contributed by atoms with Crippen LogP contribution < -0.4 is 16.1 Å². The first-order chi connectivity index (χ1) is 14.3. The highest BCUT2D eigenvalue weighted by Gasteiger charge is 2.45. The summed E-state index contributed by atoms with van der Waals surface area (Å²) in [5.41, 5.74) is -3.56. The van der Waals surface area contributed by atoms with Gasteiger partial charge in [-0.3, -0.25) is 0 Å². The van der Waals surface area contributed by atoms with Crippen molar-refractivity contribution in [3.05, 3.63) is 53.3 Å². The molecule has 1 atom stereocenters. The molecule has 12 heteroatoms. The van der Waals surface area contributed by atoms with Gasteiger partial charge in [0.25, 0.3) is 0 Å². The SMILES string of the molecule is C.CC1OB(c2cc(F)c(NC(=O)Nc3cc(C(F)(F)F)ccc3F)cc2F)OC1(C)C. The van der Waals surface area contributed by atoms with E-state index in [2.05, 4.69) is 0 Å². The lowest BCUT2D eigenvalue weighted by Gasteiger charge is -2.21. The molecule has 0 spiro atoms. The van der Waals surface area contributed by atoms with E-state index >= 15 is 0 Å². The number of nitrogens with one attached hydrogen (secondary N) is 2. The number of anilines is 2. The summed E-state index contributed by atoms with van der Waals surface area (Å²) >= 11 is 0. The minimum absolute atomic E-state index is 0. The highest BCUT2D eigenvalue weighted by molar-refractivity contribution is 6.62. The Hall–Kier alpha value is -2.73. The molecule has 0 aromatic heterocycles. The Morgan fingerprint density at radius 2 is 1.59 bits per heavy atom. The second kappa shape index (κ2) is 9.03. The van der Waals surface area contributed by atoms with Crippen LogP contribution in [0.1, 0.15) is 33.8 Å². The molecule has 2 aromatic rings. The highest BCUT2D eigenvalue weighted by Crippen LogP contribution is 2.32. The molecule has 1 heterocycles. The predicted octanol–water partition coefficient (Wildman–Crippen LogP) is 5.31. The lowest BCUT2D eigenvalue weighted by Crippen LogP contribution is -2.37. The van der Waals surface area contributed by atoms with Gasteiger partial charge in [0.1, 0.15) is 17.5 Å². The fourth-order valence-electron chi connectivity index (χ4n) is 2.80. The monoisotopic (exact) mass is 462 g/mol. The Morgan fingerprint density at radius 1 is 1.00 bits per heavy atom. The van der Waals surface area contributed by atoms with E-state index in [0.29, 0.717) is 24.3 Å². The van der Waals surface area contributed by atoms with Gasteiger partial charge in [-0.2, -0.15) is 13.2 Å². The van der Waals surface area contributed by atoms with Crippen LogP contribution in [0, 0.1) is 17.5 Å². The Balaban J connectivity index is 0.00000363. The van der Waals surface area contributed by atoms with Crippen molar-refractivity contribution < 1.29 is 40.4 Å². The number of benzene rings is 2. The van der Waals surface area contributed by atoms with E-state index in [1.165, 1.54) is 0 Å². The molecule has 1 fully saturated rings. The van der Waals surface area contributed by atoms with Crippen LogP contribution in [0.15, 0.2) is 30.3 Å². The molecular weight excluding hydrogens is 441 g/mol. The maximum absolute atomic E-state index is 14.5. The fourth-order valence-corrected chi connectivity index (χ4v) is 2.80. The summed E-state index contributed by atoms with van der Waals surface area (Å²) in [4.78, 5) is 12.0. The van der Waals surface area contributed by atoms with Crippen molar-refractivity contribution in [2.24, 2.45) is 0 Å². The molecule has 2 aromatic carbocycles. The lowest BCUT2D eigenvalue weighted by atomic mass is 9.78. The standard InChI is InChI=1S/C19H17BF6N2O3.CH4/c1-9-18(2,3)31-20(30-9)11-7-14(23)16(8-13(11)22)28-17(29)27-15-6-10(19(24,25)26)4-5-12(15)21;/h4-9H,1-3H3,(H2,27,28,29);1H4. The molecule has 174 valence electrons.